The second-order valence-corrected chi connectivity index (χ2v) is 6.27. The highest BCUT2D eigenvalue weighted by atomic mass is 19.1. The van der Waals surface area contributed by atoms with E-state index in [4.69, 9.17) is 14.6 Å². The van der Waals surface area contributed by atoms with Crippen LogP contribution < -0.4 is 4.74 Å². The number of carboxylic acid groups (broad SMARTS) is 1. The number of morpholine rings is 1. The highest BCUT2D eigenvalue weighted by Crippen LogP contribution is 2.18. The lowest BCUT2D eigenvalue weighted by molar-refractivity contribution is -0.139. The number of ether oxygens (including phenoxy) is 2. The molecule has 1 N–H and O–H groups in total. The van der Waals surface area contributed by atoms with Crippen LogP contribution in [0.15, 0.2) is 48.5 Å². The summed E-state index contributed by atoms with van der Waals surface area (Å²) in [6.07, 6.45) is -0.159. The maximum absolute atomic E-state index is 13.2. The Morgan fingerprint density at radius 2 is 2.04 bits per heavy atom. The first kappa shape index (κ1) is 18.8. The summed E-state index contributed by atoms with van der Waals surface area (Å²) in [4.78, 5) is 25.4. The number of carbonyl (C=O) groups is 2. The Hall–Kier alpha value is -2.93. The topological polar surface area (TPSA) is 76.1 Å². The van der Waals surface area contributed by atoms with Gasteiger partial charge in [-0.3, -0.25) is 9.59 Å². The summed E-state index contributed by atoms with van der Waals surface area (Å²) in [6, 6.07) is 12.3. The third kappa shape index (κ3) is 5.04. The van der Waals surface area contributed by atoms with Crippen molar-refractivity contribution in [2.45, 2.75) is 19.1 Å². The summed E-state index contributed by atoms with van der Waals surface area (Å²) in [5.41, 5.74) is 1.21. The van der Waals surface area contributed by atoms with Gasteiger partial charge in [-0.15, -0.1) is 0 Å². The quantitative estimate of drug-likeness (QED) is 0.843. The number of carbonyl (C=O) groups excluding carboxylic acids is 1. The third-order valence-corrected chi connectivity index (χ3v) is 4.27. The van der Waals surface area contributed by atoms with Crippen molar-refractivity contribution in [3.63, 3.8) is 0 Å². The molecule has 1 atom stereocenters. The fourth-order valence-corrected chi connectivity index (χ4v) is 2.98. The van der Waals surface area contributed by atoms with Gasteiger partial charge < -0.3 is 19.5 Å². The van der Waals surface area contributed by atoms with E-state index in [1.807, 2.05) is 6.07 Å². The molecule has 0 saturated carbocycles. The molecule has 2 aromatic carbocycles. The lowest BCUT2D eigenvalue weighted by Gasteiger charge is -2.35. The van der Waals surface area contributed by atoms with Crippen LogP contribution in [0.1, 0.15) is 22.3 Å². The van der Waals surface area contributed by atoms with Crippen molar-refractivity contribution in [3.05, 3.63) is 65.5 Å². The summed E-state index contributed by atoms with van der Waals surface area (Å²) in [5, 5.41) is 9.04. The summed E-state index contributed by atoms with van der Waals surface area (Å²) in [6.45, 7) is 1.12. The first-order valence-electron chi connectivity index (χ1n) is 8.61. The first-order valence-corrected chi connectivity index (χ1v) is 8.61. The normalized spacial score (nSPS) is 16.8. The number of carboxylic acids is 1. The Bertz CT molecular complexity index is 826. The molecule has 1 fully saturated rings. The molecule has 2 aromatic rings. The molecule has 0 bridgehead atoms. The Morgan fingerprint density at radius 3 is 2.81 bits per heavy atom. The van der Waals surface area contributed by atoms with Gasteiger partial charge in [0.15, 0.2) is 0 Å². The zero-order chi connectivity index (χ0) is 19.2. The fraction of sp³-hybridized carbons (Fsp3) is 0.300. The van der Waals surface area contributed by atoms with Crippen LogP contribution in [0, 0.1) is 5.82 Å². The second-order valence-electron chi connectivity index (χ2n) is 6.27. The number of nitrogens with zero attached hydrogens (tertiary/aromatic N) is 1. The van der Waals surface area contributed by atoms with Gasteiger partial charge in [0.1, 0.15) is 18.2 Å². The molecule has 27 heavy (non-hydrogen) atoms. The van der Waals surface area contributed by atoms with Crippen LogP contribution in [0.4, 0.5) is 4.39 Å². The Kier molecular flexibility index (Phi) is 6.03. The monoisotopic (exact) mass is 373 g/mol. The summed E-state index contributed by atoms with van der Waals surface area (Å²) in [7, 11) is 0. The van der Waals surface area contributed by atoms with E-state index in [9.17, 15) is 14.0 Å². The van der Waals surface area contributed by atoms with Gasteiger partial charge in [-0.1, -0.05) is 18.2 Å². The Morgan fingerprint density at radius 1 is 1.22 bits per heavy atom. The minimum Gasteiger partial charge on any atom is -0.489 e. The lowest BCUT2D eigenvalue weighted by Crippen LogP contribution is -2.49. The minimum atomic E-state index is -0.972. The molecule has 1 heterocycles. The fourth-order valence-electron chi connectivity index (χ4n) is 2.98. The summed E-state index contributed by atoms with van der Waals surface area (Å²) in [5.74, 6) is -1.19. The van der Waals surface area contributed by atoms with Crippen molar-refractivity contribution >= 4 is 11.9 Å². The van der Waals surface area contributed by atoms with Crippen LogP contribution in [-0.2, 0) is 16.1 Å². The molecule has 0 aromatic heterocycles. The number of rotatable bonds is 6. The molecular formula is C20H20FNO5. The largest absolute Gasteiger partial charge is 0.489 e. The van der Waals surface area contributed by atoms with Crippen LogP contribution in [0.25, 0.3) is 0 Å². The van der Waals surface area contributed by atoms with Crippen molar-refractivity contribution in [2.75, 3.05) is 19.8 Å². The molecule has 0 aliphatic carbocycles. The number of halogens is 1. The second kappa shape index (κ2) is 8.64. The number of amides is 1. The van der Waals surface area contributed by atoms with E-state index in [1.165, 1.54) is 12.1 Å². The van der Waals surface area contributed by atoms with E-state index in [0.717, 1.165) is 5.56 Å². The summed E-state index contributed by atoms with van der Waals surface area (Å²) >= 11 is 0. The predicted octanol–water partition coefficient (Wildman–Crippen LogP) is 2.72. The van der Waals surface area contributed by atoms with Crippen LogP contribution in [0.3, 0.4) is 0 Å². The van der Waals surface area contributed by atoms with E-state index in [0.29, 0.717) is 24.5 Å². The van der Waals surface area contributed by atoms with Gasteiger partial charge >= 0.3 is 5.97 Å². The maximum Gasteiger partial charge on any atom is 0.305 e. The molecule has 3 rings (SSSR count). The number of benzene rings is 2. The highest BCUT2D eigenvalue weighted by Gasteiger charge is 2.29. The highest BCUT2D eigenvalue weighted by molar-refractivity contribution is 5.95. The van der Waals surface area contributed by atoms with Gasteiger partial charge in [0.2, 0.25) is 0 Å². The number of aliphatic carboxylic acids is 1. The van der Waals surface area contributed by atoms with E-state index in [1.54, 1.807) is 35.2 Å². The molecule has 142 valence electrons. The van der Waals surface area contributed by atoms with E-state index < -0.39 is 12.0 Å². The van der Waals surface area contributed by atoms with Gasteiger partial charge in [-0.05, 0) is 29.8 Å². The zero-order valence-electron chi connectivity index (χ0n) is 14.6. The Labute approximate surface area is 156 Å². The van der Waals surface area contributed by atoms with E-state index in [2.05, 4.69) is 0 Å². The average molecular weight is 373 g/mol. The third-order valence-electron chi connectivity index (χ3n) is 4.27. The van der Waals surface area contributed by atoms with Crippen LogP contribution in [0.5, 0.6) is 5.75 Å². The van der Waals surface area contributed by atoms with E-state index >= 15 is 0 Å². The number of hydrogen-bond acceptors (Lipinski definition) is 4. The van der Waals surface area contributed by atoms with Crippen LogP contribution in [-0.4, -0.2) is 47.7 Å². The molecule has 1 aliphatic rings. The number of hydrogen-bond donors (Lipinski definition) is 1. The minimum absolute atomic E-state index is 0.159. The van der Waals surface area contributed by atoms with Gasteiger partial charge in [0.05, 0.1) is 25.7 Å². The lowest BCUT2D eigenvalue weighted by atomic mass is 10.1. The van der Waals surface area contributed by atoms with Crippen molar-refractivity contribution in [1.82, 2.24) is 4.90 Å². The molecule has 0 spiro atoms. The van der Waals surface area contributed by atoms with Gasteiger partial charge in [0.25, 0.3) is 5.91 Å². The molecule has 1 unspecified atom stereocenters. The van der Waals surface area contributed by atoms with E-state index in [-0.39, 0.29) is 31.4 Å². The first-order chi connectivity index (χ1) is 13.0. The molecule has 1 aliphatic heterocycles. The van der Waals surface area contributed by atoms with Crippen molar-refractivity contribution < 1.29 is 28.6 Å². The smallest absolute Gasteiger partial charge is 0.305 e. The molecule has 6 nitrogen and oxygen atoms in total. The SMILES string of the molecule is O=C(O)CC1COCCN1C(=O)c1cccc(COc2cccc(F)c2)c1. The average Bonchev–Trinajstić information content (AvgIpc) is 2.66. The van der Waals surface area contributed by atoms with Crippen molar-refractivity contribution in [3.8, 4) is 5.75 Å². The Balaban J connectivity index is 1.70. The standard InChI is InChI=1S/C20H20FNO5/c21-16-5-2-6-18(10-16)27-12-14-3-1-4-15(9-14)20(25)22-7-8-26-13-17(22)11-19(23)24/h1-6,9-10,17H,7-8,11-13H2,(H,23,24). The molecule has 0 radical (unpaired) electrons. The van der Waals surface area contributed by atoms with Crippen molar-refractivity contribution in [1.29, 1.82) is 0 Å². The zero-order valence-corrected chi connectivity index (χ0v) is 14.6. The molecule has 1 amide bonds. The van der Waals surface area contributed by atoms with Crippen LogP contribution >= 0.6 is 0 Å². The molecule has 1 saturated heterocycles. The molecular weight excluding hydrogens is 353 g/mol. The van der Waals surface area contributed by atoms with Gasteiger partial charge in [0, 0.05) is 18.2 Å². The summed E-state index contributed by atoms with van der Waals surface area (Å²) < 4.78 is 24.1. The van der Waals surface area contributed by atoms with Gasteiger partial charge in [-0.2, -0.15) is 0 Å². The predicted molar refractivity (Wildman–Crippen MR) is 95.1 cm³/mol. The molecule has 7 heteroatoms. The van der Waals surface area contributed by atoms with Crippen LogP contribution in [0.2, 0.25) is 0 Å². The maximum atomic E-state index is 13.2. The van der Waals surface area contributed by atoms with Crippen molar-refractivity contribution in [2.24, 2.45) is 0 Å². The van der Waals surface area contributed by atoms with Gasteiger partial charge in [-0.25, -0.2) is 4.39 Å².